The van der Waals surface area contributed by atoms with Crippen LogP contribution >= 0.6 is 0 Å². The highest BCUT2D eigenvalue weighted by atomic mass is 16.5. The van der Waals surface area contributed by atoms with Crippen LogP contribution in [0.15, 0.2) is 0 Å². The van der Waals surface area contributed by atoms with Gasteiger partial charge >= 0.3 is 0 Å². The Labute approximate surface area is 128 Å². The minimum atomic E-state index is -0.412. The average Bonchev–Trinajstić information content (AvgIpc) is 3.31. The molecule has 7 atom stereocenters. The summed E-state index contributed by atoms with van der Waals surface area (Å²) in [6, 6.07) is 0. The molecule has 0 aliphatic heterocycles. The van der Waals surface area contributed by atoms with Crippen molar-refractivity contribution in [2.24, 2.45) is 23.7 Å². The van der Waals surface area contributed by atoms with Crippen molar-refractivity contribution in [1.82, 2.24) is 0 Å². The number of ether oxygens (including phenoxy) is 2. The summed E-state index contributed by atoms with van der Waals surface area (Å²) in [4.78, 5) is 11.2. The number of hydrogen-bond acceptors (Lipinski definition) is 4. The summed E-state index contributed by atoms with van der Waals surface area (Å²) in [7, 11) is 3.34. The first-order valence-corrected chi connectivity index (χ1v) is 7.68. The first-order chi connectivity index (χ1) is 9.36. The summed E-state index contributed by atoms with van der Waals surface area (Å²) in [5.41, 5.74) is -0.630. The van der Waals surface area contributed by atoms with Gasteiger partial charge in [0.05, 0.1) is 11.7 Å². The van der Waals surface area contributed by atoms with Crippen molar-refractivity contribution in [3.05, 3.63) is 0 Å². The van der Waals surface area contributed by atoms with Crippen LogP contribution in [0.1, 0.15) is 47.0 Å². The predicted octanol–water partition coefficient (Wildman–Crippen LogP) is 2.43. The summed E-state index contributed by atoms with van der Waals surface area (Å²) >= 11 is 0. The fourth-order valence-corrected chi connectivity index (χ4v) is 4.33. The van der Waals surface area contributed by atoms with Gasteiger partial charge in [-0.25, -0.2) is 0 Å². The molecule has 4 aliphatic rings. The van der Waals surface area contributed by atoms with E-state index in [1.807, 2.05) is 13.8 Å². The molecule has 0 heterocycles. The summed E-state index contributed by atoms with van der Waals surface area (Å²) < 4.78 is 10.5. The van der Waals surface area contributed by atoms with Crippen LogP contribution in [0.4, 0.5) is 0 Å². The van der Waals surface area contributed by atoms with Crippen molar-refractivity contribution < 1.29 is 19.4 Å². The fraction of sp³-hybridized carbons (Fsp3) is 0.941. The van der Waals surface area contributed by atoms with Gasteiger partial charge in [-0.1, -0.05) is 7.43 Å². The lowest BCUT2D eigenvalue weighted by molar-refractivity contribution is -0.137. The molecule has 0 saturated heterocycles. The zero-order valence-electron chi connectivity index (χ0n) is 12.9. The van der Waals surface area contributed by atoms with E-state index < -0.39 is 5.60 Å². The van der Waals surface area contributed by atoms with Crippen LogP contribution in [0.2, 0.25) is 0 Å². The highest BCUT2D eigenvalue weighted by molar-refractivity contribution is 5.91. The Bertz CT molecular complexity index is 419. The summed E-state index contributed by atoms with van der Waals surface area (Å²) in [6.07, 6.45) is 3.96. The normalized spacial score (nSPS) is 52.2. The number of hydrogen-bond donors (Lipinski definition) is 1. The van der Waals surface area contributed by atoms with Gasteiger partial charge in [0, 0.05) is 20.6 Å². The van der Waals surface area contributed by atoms with E-state index in [0.717, 1.165) is 18.8 Å². The molecule has 0 aromatic rings. The largest absolute Gasteiger partial charge is 0.390 e. The van der Waals surface area contributed by atoms with Crippen molar-refractivity contribution in [2.75, 3.05) is 14.2 Å². The lowest BCUT2D eigenvalue weighted by Crippen LogP contribution is -2.39. The average molecular weight is 298 g/mol. The van der Waals surface area contributed by atoms with Crippen molar-refractivity contribution in [1.29, 1.82) is 0 Å². The van der Waals surface area contributed by atoms with Crippen molar-refractivity contribution in [3.8, 4) is 0 Å². The summed E-state index contributed by atoms with van der Waals surface area (Å²) in [5, 5.41) is 9.52. The van der Waals surface area contributed by atoms with Crippen LogP contribution in [0.5, 0.6) is 0 Å². The van der Waals surface area contributed by atoms with Crippen LogP contribution < -0.4 is 0 Å². The van der Waals surface area contributed by atoms with Crippen LogP contribution in [0.3, 0.4) is 0 Å². The number of carbonyl (C=O) groups is 1. The number of rotatable bonds is 2. The molecule has 0 amide bonds. The molecule has 3 unspecified atom stereocenters. The highest BCUT2D eigenvalue weighted by Gasteiger charge is 2.61. The standard InChI is InChI=1S/C8H14O2.C8H12O2.CH4/c2*1-8(10-2)6-3-5(6)4-7(8)9;/h5-7,9H,3-4H2,1-2H3;5-6H,3-4H2,1-2H3;1H4/t5-,6-,7?,8?;5-,6-,8?;/m11./s1. The molecule has 1 N–H and O–H groups in total. The van der Waals surface area contributed by atoms with E-state index in [4.69, 9.17) is 9.47 Å². The van der Waals surface area contributed by atoms with E-state index >= 15 is 0 Å². The molecule has 4 nitrogen and oxygen atoms in total. The first kappa shape index (κ1) is 16.9. The zero-order chi connectivity index (χ0) is 14.7. The first-order valence-electron chi connectivity index (χ1n) is 7.68. The number of aliphatic hydroxyl groups excluding tert-OH is 1. The molecule has 4 aliphatic carbocycles. The molecule has 0 radical (unpaired) electrons. The Hall–Kier alpha value is -0.450. The Kier molecular flexibility index (Phi) is 4.29. The minimum absolute atomic E-state index is 0. The maximum absolute atomic E-state index is 11.2. The lowest BCUT2D eigenvalue weighted by atomic mass is 9.97. The van der Waals surface area contributed by atoms with Crippen LogP contribution in [-0.4, -0.2) is 42.4 Å². The third kappa shape index (κ3) is 2.45. The van der Waals surface area contributed by atoms with Gasteiger partial charge in [0.2, 0.25) is 0 Å². The molecule has 4 heteroatoms. The SMILES string of the molecule is C.COC1(C)C(=O)C[C@H]2C[C@H]21.COC1(C)C(O)C[C@H]2C[C@H]21. The number of methoxy groups -OCH3 is 2. The van der Waals surface area contributed by atoms with E-state index in [9.17, 15) is 9.90 Å². The molecule has 122 valence electrons. The van der Waals surface area contributed by atoms with Crippen molar-refractivity contribution >= 4 is 5.78 Å². The van der Waals surface area contributed by atoms with Gasteiger partial charge in [-0.15, -0.1) is 0 Å². The van der Waals surface area contributed by atoms with Gasteiger partial charge < -0.3 is 14.6 Å². The lowest BCUT2D eigenvalue weighted by Gasteiger charge is -2.28. The Morgan fingerprint density at radius 2 is 1.67 bits per heavy atom. The van der Waals surface area contributed by atoms with Gasteiger partial charge in [-0.2, -0.15) is 0 Å². The number of fused-ring (bicyclic) bond motifs is 2. The van der Waals surface area contributed by atoms with Crippen molar-refractivity contribution in [3.63, 3.8) is 0 Å². The summed E-state index contributed by atoms with van der Waals surface area (Å²) in [5.74, 6) is 2.92. The van der Waals surface area contributed by atoms with Gasteiger partial charge in [0.1, 0.15) is 5.60 Å². The minimum Gasteiger partial charge on any atom is -0.390 e. The second-order valence-electron chi connectivity index (χ2n) is 7.28. The van der Waals surface area contributed by atoms with E-state index in [1.165, 1.54) is 12.8 Å². The summed E-state index contributed by atoms with van der Waals surface area (Å²) in [6.45, 7) is 3.95. The van der Waals surface area contributed by atoms with Gasteiger partial charge in [-0.05, 0) is 56.8 Å². The van der Waals surface area contributed by atoms with Gasteiger partial charge in [0.15, 0.2) is 5.78 Å². The molecule has 4 saturated carbocycles. The highest BCUT2D eigenvalue weighted by Crippen LogP contribution is 2.58. The zero-order valence-corrected chi connectivity index (χ0v) is 12.9. The second kappa shape index (κ2) is 5.32. The molecule has 21 heavy (non-hydrogen) atoms. The number of carbonyl (C=O) groups excluding carboxylic acids is 1. The molecule has 4 rings (SSSR count). The Morgan fingerprint density at radius 3 is 1.95 bits per heavy atom. The van der Waals surface area contributed by atoms with E-state index in [-0.39, 0.29) is 19.1 Å². The van der Waals surface area contributed by atoms with Gasteiger partial charge in [-0.3, -0.25) is 4.79 Å². The molecule has 0 spiro atoms. The second-order valence-corrected chi connectivity index (χ2v) is 7.28. The maximum atomic E-state index is 11.2. The van der Waals surface area contributed by atoms with Crippen LogP contribution in [-0.2, 0) is 14.3 Å². The smallest absolute Gasteiger partial charge is 0.164 e. The Balaban J connectivity index is 0.000000147. The van der Waals surface area contributed by atoms with Crippen LogP contribution in [0, 0.1) is 23.7 Å². The van der Waals surface area contributed by atoms with Gasteiger partial charge in [0.25, 0.3) is 0 Å². The number of ketones is 1. The van der Waals surface area contributed by atoms with E-state index in [0.29, 0.717) is 23.5 Å². The fourth-order valence-electron chi connectivity index (χ4n) is 4.33. The third-order valence-electron chi connectivity index (χ3n) is 6.34. The van der Waals surface area contributed by atoms with Crippen molar-refractivity contribution in [2.45, 2.75) is 64.3 Å². The van der Waals surface area contributed by atoms with E-state index in [2.05, 4.69) is 0 Å². The monoisotopic (exact) mass is 298 g/mol. The maximum Gasteiger partial charge on any atom is 0.164 e. The predicted molar refractivity (Wildman–Crippen MR) is 81.0 cm³/mol. The molecular weight excluding hydrogens is 268 g/mol. The Morgan fingerprint density at radius 1 is 1.05 bits per heavy atom. The molecular formula is C17H30O4. The molecule has 0 aromatic carbocycles. The van der Waals surface area contributed by atoms with E-state index in [1.54, 1.807) is 14.2 Å². The molecule has 4 fully saturated rings. The topological polar surface area (TPSA) is 55.8 Å². The number of aliphatic hydroxyl groups is 1. The molecule has 0 bridgehead atoms. The third-order valence-corrected chi connectivity index (χ3v) is 6.34. The molecule has 0 aromatic heterocycles. The number of Topliss-reactive ketones (excluding diaryl/α,β-unsaturated/α-hetero) is 1. The van der Waals surface area contributed by atoms with Crippen LogP contribution in [0.25, 0.3) is 0 Å². The quantitative estimate of drug-likeness (QED) is 0.850.